The van der Waals surface area contributed by atoms with Crippen molar-refractivity contribution in [2.45, 2.75) is 84.2 Å². The number of carbonyl (C=O) groups is 1. The Morgan fingerprint density at radius 2 is 1.91 bits per heavy atom. The van der Waals surface area contributed by atoms with Gasteiger partial charge in [0.05, 0.1) is 12.6 Å². The first-order valence-electron chi connectivity index (χ1n) is 8.80. The molecule has 1 heterocycles. The van der Waals surface area contributed by atoms with Crippen LogP contribution in [0.3, 0.4) is 0 Å². The van der Waals surface area contributed by atoms with E-state index in [0.717, 1.165) is 44.3 Å². The number of hydrogen-bond acceptors (Lipinski definition) is 4. The SMILES string of the molecule is CCCC(CCC)C(=O)NCc1nnnn1C1CCCCC1. The Labute approximate surface area is 133 Å². The highest BCUT2D eigenvalue weighted by molar-refractivity contribution is 5.78. The molecule has 0 aliphatic heterocycles. The van der Waals surface area contributed by atoms with Crippen molar-refractivity contribution in [3.05, 3.63) is 5.82 Å². The van der Waals surface area contributed by atoms with Gasteiger partial charge in [-0.15, -0.1) is 5.10 Å². The number of hydrogen-bond donors (Lipinski definition) is 1. The second-order valence-electron chi connectivity index (χ2n) is 6.32. The summed E-state index contributed by atoms with van der Waals surface area (Å²) in [5, 5.41) is 15.1. The first kappa shape index (κ1) is 16.9. The number of nitrogens with zero attached hydrogens (tertiary/aromatic N) is 4. The molecular weight excluding hydrogens is 278 g/mol. The zero-order valence-corrected chi connectivity index (χ0v) is 13.9. The third-order valence-electron chi connectivity index (χ3n) is 4.55. The minimum Gasteiger partial charge on any atom is -0.348 e. The quantitative estimate of drug-likeness (QED) is 0.801. The predicted octanol–water partition coefficient (Wildman–Crippen LogP) is 3.01. The van der Waals surface area contributed by atoms with E-state index in [1.807, 2.05) is 4.68 Å². The minimum atomic E-state index is 0.119. The van der Waals surface area contributed by atoms with Crippen molar-refractivity contribution in [1.29, 1.82) is 0 Å². The molecule has 1 aliphatic rings. The van der Waals surface area contributed by atoms with Gasteiger partial charge in [0, 0.05) is 5.92 Å². The van der Waals surface area contributed by atoms with Gasteiger partial charge in [-0.25, -0.2) is 4.68 Å². The van der Waals surface area contributed by atoms with Gasteiger partial charge in [-0.2, -0.15) is 0 Å². The third kappa shape index (κ3) is 4.52. The monoisotopic (exact) mass is 307 g/mol. The van der Waals surface area contributed by atoms with Gasteiger partial charge in [0.2, 0.25) is 5.91 Å². The van der Waals surface area contributed by atoms with Crippen LogP contribution in [0.4, 0.5) is 0 Å². The van der Waals surface area contributed by atoms with Gasteiger partial charge in [0.25, 0.3) is 0 Å². The van der Waals surface area contributed by atoms with Crippen molar-refractivity contribution >= 4 is 5.91 Å². The summed E-state index contributed by atoms with van der Waals surface area (Å²) in [7, 11) is 0. The molecule has 1 aromatic rings. The molecule has 0 bridgehead atoms. The zero-order chi connectivity index (χ0) is 15.8. The van der Waals surface area contributed by atoms with Gasteiger partial charge in [0.15, 0.2) is 5.82 Å². The smallest absolute Gasteiger partial charge is 0.223 e. The van der Waals surface area contributed by atoms with Gasteiger partial charge in [-0.3, -0.25) is 4.79 Å². The van der Waals surface area contributed by atoms with Crippen LogP contribution in [0.15, 0.2) is 0 Å². The van der Waals surface area contributed by atoms with Crippen LogP contribution in [0, 0.1) is 5.92 Å². The molecule has 1 N–H and O–H groups in total. The molecule has 1 aromatic heterocycles. The summed E-state index contributed by atoms with van der Waals surface area (Å²) < 4.78 is 1.92. The molecule has 0 atom stereocenters. The average molecular weight is 307 g/mol. The first-order valence-corrected chi connectivity index (χ1v) is 8.80. The van der Waals surface area contributed by atoms with Gasteiger partial charge in [-0.1, -0.05) is 46.0 Å². The van der Waals surface area contributed by atoms with E-state index < -0.39 is 0 Å². The Morgan fingerprint density at radius 1 is 1.23 bits per heavy atom. The molecule has 0 saturated heterocycles. The fourth-order valence-electron chi connectivity index (χ4n) is 3.35. The van der Waals surface area contributed by atoms with E-state index in [9.17, 15) is 4.79 Å². The van der Waals surface area contributed by atoms with Crippen LogP contribution >= 0.6 is 0 Å². The fourth-order valence-corrected chi connectivity index (χ4v) is 3.35. The molecule has 2 rings (SSSR count). The molecule has 1 saturated carbocycles. The lowest BCUT2D eigenvalue weighted by molar-refractivity contribution is -0.125. The maximum absolute atomic E-state index is 12.3. The number of rotatable bonds is 8. The summed E-state index contributed by atoms with van der Waals surface area (Å²) >= 11 is 0. The van der Waals surface area contributed by atoms with Crippen molar-refractivity contribution < 1.29 is 4.79 Å². The van der Waals surface area contributed by atoms with Crippen LogP contribution in [-0.4, -0.2) is 26.1 Å². The molecule has 1 fully saturated rings. The summed E-state index contributed by atoms with van der Waals surface area (Å²) in [6.45, 7) is 4.69. The highest BCUT2D eigenvalue weighted by atomic mass is 16.1. The summed E-state index contributed by atoms with van der Waals surface area (Å²) in [6.07, 6.45) is 10.0. The number of nitrogens with one attached hydrogen (secondary N) is 1. The molecule has 1 amide bonds. The van der Waals surface area contributed by atoms with E-state index >= 15 is 0 Å². The molecule has 0 radical (unpaired) electrons. The molecule has 22 heavy (non-hydrogen) atoms. The lowest BCUT2D eigenvalue weighted by Gasteiger charge is -2.22. The van der Waals surface area contributed by atoms with Crippen LogP contribution in [-0.2, 0) is 11.3 Å². The van der Waals surface area contributed by atoms with Gasteiger partial charge < -0.3 is 5.32 Å². The fraction of sp³-hybridized carbons (Fsp3) is 0.875. The van der Waals surface area contributed by atoms with Gasteiger partial charge >= 0.3 is 0 Å². The highest BCUT2D eigenvalue weighted by Gasteiger charge is 2.21. The maximum atomic E-state index is 12.3. The molecule has 0 spiro atoms. The summed E-state index contributed by atoms with van der Waals surface area (Å²) in [5.41, 5.74) is 0. The summed E-state index contributed by atoms with van der Waals surface area (Å²) in [6, 6.07) is 0.401. The van der Waals surface area contributed by atoms with Gasteiger partial charge in [0.1, 0.15) is 0 Å². The van der Waals surface area contributed by atoms with E-state index in [1.54, 1.807) is 0 Å². The third-order valence-corrected chi connectivity index (χ3v) is 4.55. The first-order chi connectivity index (χ1) is 10.8. The van der Waals surface area contributed by atoms with Crippen molar-refractivity contribution in [3.63, 3.8) is 0 Å². The zero-order valence-electron chi connectivity index (χ0n) is 13.9. The van der Waals surface area contributed by atoms with E-state index in [1.165, 1.54) is 19.3 Å². The Hall–Kier alpha value is -1.46. The number of aromatic nitrogens is 4. The van der Waals surface area contributed by atoms with E-state index in [2.05, 4.69) is 34.7 Å². The summed E-state index contributed by atoms with van der Waals surface area (Å²) in [4.78, 5) is 12.3. The van der Waals surface area contributed by atoms with E-state index in [0.29, 0.717) is 12.6 Å². The average Bonchev–Trinajstić information content (AvgIpc) is 3.02. The Morgan fingerprint density at radius 3 is 2.55 bits per heavy atom. The van der Waals surface area contributed by atoms with E-state index in [4.69, 9.17) is 0 Å². The predicted molar refractivity (Wildman–Crippen MR) is 85.1 cm³/mol. The topological polar surface area (TPSA) is 72.7 Å². The number of amides is 1. The van der Waals surface area contributed by atoms with Crippen LogP contribution < -0.4 is 5.32 Å². The van der Waals surface area contributed by atoms with Crippen LogP contribution in [0.25, 0.3) is 0 Å². The number of carbonyl (C=O) groups excluding carboxylic acids is 1. The van der Waals surface area contributed by atoms with E-state index in [-0.39, 0.29) is 11.8 Å². The Kier molecular flexibility index (Phi) is 6.80. The lowest BCUT2D eigenvalue weighted by atomic mass is 9.95. The number of tetrazole rings is 1. The standard InChI is InChI=1S/C16H29N5O/c1-3-8-13(9-4-2)16(22)17-12-15-18-19-20-21(15)14-10-6-5-7-11-14/h13-14H,3-12H2,1-2H3,(H,17,22). The second kappa shape index (κ2) is 8.86. The molecule has 0 unspecified atom stereocenters. The van der Waals surface area contributed by atoms with Crippen molar-refractivity contribution in [2.75, 3.05) is 0 Å². The van der Waals surface area contributed by atoms with Crippen LogP contribution in [0.5, 0.6) is 0 Å². The molecular formula is C16H29N5O. The maximum Gasteiger partial charge on any atom is 0.223 e. The molecule has 124 valence electrons. The highest BCUT2D eigenvalue weighted by Crippen LogP contribution is 2.27. The van der Waals surface area contributed by atoms with Crippen molar-refractivity contribution in [1.82, 2.24) is 25.5 Å². The summed E-state index contributed by atoms with van der Waals surface area (Å²) in [5.74, 6) is 1.04. The van der Waals surface area contributed by atoms with Crippen LogP contribution in [0.2, 0.25) is 0 Å². The Balaban J connectivity index is 1.90. The van der Waals surface area contributed by atoms with Crippen molar-refractivity contribution in [2.24, 2.45) is 5.92 Å². The Bertz CT molecular complexity index is 447. The largest absolute Gasteiger partial charge is 0.348 e. The molecule has 6 heteroatoms. The van der Waals surface area contributed by atoms with Gasteiger partial charge in [-0.05, 0) is 36.1 Å². The van der Waals surface area contributed by atoms with Crippen LogP contribution in [0.1, 0.15) is 83.5 Å². The molecule has 1 aliphatic carbocycles. The second-order valence-corrected chi connectivity index (χ2v) is 6.32. The lowest BCUT2D eigenvalue weighted by Crippen LogP contribution is -2.32. The molecule has 0 aromatic carbocycles. The normalized spacial score (nSPS) is 16.1. The minimum absolute atomic E-state index is 0.119. The van der Waals surface area contributed by atoms with Crippen molar-refractivity contribution in [3.8, 4) is 0 Å². The molecule has 6 nitrogen and oxygen atoms in total.